The van der Waals surface area contributed by atoms with Crippen LogP contribution in [0, 0.1) is 5.92 Å². The molecule has 0 bridgehead atoms. The number of piperazine rings is 1. The number of benzene rings is 1. The Bertz CT molecular complexity index is 435. The van der Waals surface area contributed by atoms with E-state index in [2.05, 4.69) is 48.3 Å². The first-order valence-electron chi connectivity index (χ1n) is 8.85. The summed E-state index contributed by atoms with van der Waals surface area (Å²) in [6, 6.07) is 10.7. The molecule has 1 saturated heterocycles. The second-order valence-corrected chi connectivity index (χ2v) is 6.90. The molecule has 2 atom stereocenters. The van der Waals surface area contributed by atoms with Crippen molar-refractivity contribution in [1.29, 1.82) is 0 Å². The topological polar surface area (TPSA) is 15.3 Å². The van der Waals surface area contributed by atoms with Crippen LogP contribution in [-0.2, 0) is 13.0 Å². The van der Waals surface area contributed by atoms with E-state index in [1.807, 2.05) is 0 Å². The van der Waals surface area contributed by atoms with Gasteiger partial charge in [0.15, 0.2) is 0 Å². The first kappa shape index (κ1) is 15.1. The normalized spacial score (nSPS) is 27.0. The van der Waals surface area contributed by atoms with Crippen molar-refractivity contribution in [3.8, 4) is 0 Å². The molecule has 1 aliphatic carbocycles. The molecule has 1 aromatic carbocycles. The van der Waals surface area contributed by atoms with E-state index in [1.165, 1.54) is 49.9 Å². The van der Waals surface area contributed by atoms with E-state index in [0.29, 0.717) is 6.04 Å². The lowest BCUT2D eigenvalue weighted by molar-refractivity contribution is 0.104. The predicted molar refractivity (Wildman–Crippen MR) is 89.4 cm³/mol. The molecule has 0 radical (unpaired) electrons. The summed E-state index contributed by atoms with van der Waals surface area (Å²) in [5.41, 5.74) is 2.93. The number of aryl methyl sites for hydroxylation is 1. The van der Waals surface area contributed by atoms with E-state index in [-0.39, 0.29) is 0 Å². The van der Waals surface area contributed by atoms with E-state index >= 15 is 0 Å². The molecule has 1 aromatic rings. The van der Waals surface area contributed by atoms with Crippen molar-refractivity contribution in [1.82, 2.24) is 10.2 Å². The fourth-order valence-corrected chi connectivity index (χ4v) is 3.68. The summed E-state index contributed by atoms with van der Waals surface area (Å²) < 4.78 is 0. The second kappa shape index (κ2) is 6.93. The van der Waals surface area contributed by atoms with Crippen LogP contribution in [0.15, 0.2) is 24.3 Å². The highest BCUT2D eigenvalue weighted by Crippen LogP contribution is 2.37. The Labute approximate surface area is 129 Å². The van der Waals surface area contributed by atoms with Gasteiger partial charge in [-0.1, -0.05) is 44.5 Å². The van der Waals surface area contributed by atoms with E-state index in [4.69, 9.17) is 0 Å². The third-order valence-corrected chi connectivity index (χ3v) is 5.16. The first-order chi connectivity index (χ1) is 10.3. The predicted octanol–water partition coefficient (Wildman–Crippen LogP) is 3.60. The molecule has 0 amide bonds. The van der Waals surface area contributed by atoms with Crippen LogP contribution in [0.2, 0.25) is 0 Å². The van der Waals surface area contributed by atoms with Crippen molar-refractivity contribution in [2.24, 2.45) is 5.92 Å². The van der Waals surface area contributed by atoms with Gasteiger partial charge in [0.2, 0.25) is 0 Å². The minimum absolute atomic E-state index is 0.694. The van der Waals surface area contributed by atoms with Crippen LogP contribution in [0.5, 0.6) is 0 Å². The average Bonchev–Trinajstić information content (AvgIpc) is 3.33. The largest absolute Gasteiger partial charge is 0.311 e. The third kappa shape index (κ3) is 3.87. The second-order valence-electron chi connectivity index (χ2n) is 6.90. The van der Waals surface area contributed by atoms with E-state index < -0.39 is 0 Å². The molecule has 1 heterocycles. The van der Waals surface area contributed by atoms with Crippen LogP contribution in [0.1, 0.15) is 50.7 Å². The van der Waals surface area contributed by atoms with Crippen LogP contribution >= 0.6 is 0 Å². The monoisotopic (exact) mass is 286 g/mol. The molecule has 2 nitrogen and oxygen atoms in total. The number of rotatable bonds is 6. The fourth-order valence-electron chi connectivity index (χ4n) is 3.68. The third-order valence-electron chi connectivity index (χ3n) is 5.16. The number of nitrogens with one attached hydrogen (secondary N) is 1. The Morgan fingerprint density at radius 1 is 1.10 bits per heavy atom. The van der Waals surface area contributed by atoms with Crippen LogP contribution in [0.25, 0.3) is 0 Å². The molecule has 1 aliphatic heterocycles. The zero-order valence-electron chi connectivity index (χ0n) is 13.6. The summed E-state index contributed by atoms with van der Waals surface area (Å²) in [5.74, 6) is 0.954. The molecule has 1 saturated carbocycles. The van der Waals surface area contributed by atoms with Crippen molar-refractivity contribution in [3.63, 3.8) is 0 Å². The molecule has 2 heteroatoms. The Hall–Kier alpha value is -0.860. The van der Waals surface area contributed by atoms with Crippen molar-refractivity contribution in [2.45, 2.75) is 64.6 Å². The molecule has 116 valence electrons. The van der Waals surface area contributed by atoms with Crippen LogP contribution in [-0.4, -0.2) is 30.1 Å². The highest BCUT2D eigenvalue weighted by atomic mass is 15.2. The van der Waals surface area contributed by atoms with Crippen molar-refractivity contribution < 1.29 is 0 Å². The zero-order valence-corrected chi connectivity index (χ0v) is 13.6. The standard InChI is InChI=1S/C19H30N2/c1-3-5-18-14-21(19(12-20-18)17-10-11-17)13-16-8-6-15(4-2)7-9-16/h6-9,17-20H,3-5,10-14H2,1-2H3. The average molecular weight is 286 g/mol. The van der Waals surface area contributed by atoms with Gasteiger partial charge in [0.1, 0.15) is 0 Å². The number of nitrogens with zero attached hydrogens (tertiary/aromatic N) is 1. The van der Waals surface area contributed by atoms with Gasteiger partial charge in [-0.15, -0.1) is 0 Å². The molecule has 0 aromatic heterocycles. The van der Waals surface area contributed by atoms with Gasteiger partial charge in [-0.3, -0.25) is 4.90 Å². The highest BCUT2D eigenvalue weighted by molar-refractivity contribution is 5.22. The van der Waals surface area contributed by atoms with E-state index in [0.717, 1.165) is 24.9 Å². The van der Waals surface area contributed by atoms with Gasteiger partial charge in [0.25, 0.3) is 0 Å². The molecule has 21 heavy (non-hydrogen) atoms. The molecule has 3 rings (SSSR count). The fraction of sp³-hybridized carbons (Fsp3) is 0.684. The molecule has 2 fully saturated rings. The van der Waals surface area contributed by atoms with Gasteiger partial charge in [-0.2, -0.15) is 0 Å². The SMILES string of the molecule is CCCC1CN(Cc2ccc(CC)cc2)C(C2CC2)CN1. The first-order valence-corrected chi connectivity index (χ1v) is 8.85. The van der Waals surface area contributed by atoms with Crippen molar-refractivity contribution in [2.75, 3.05) is 13.1 Å². The molecule has 1 N–H and O–H groups in total. The smallest absolute Gasteiger partial charge is 0.0253 e. The molecule has 0 spiro atoms. The van der Waals surface area contributed by atoms with Crippen LogP contribution < -0.4 is 5.32 Å². The van der Waals surface area contributed by atoms with Crippen molar-refractivity contribution in [3.05, 3.63) is 35.4 Å². The summed E-state index contributed by atoms with van der Waals surface area (Å²) in [5, 5.41) is 3.78. The summed E-state index contributed by atoms with van der Waals surface area (Å²) in [6.45, 7) is 8.08. The quantitative estimate of drug-likeness (QED) is 0.859. The molecule has 2 aliphatic rings. The summed E-state index contributed by atoms with van der Waals surface area (Å²) in [4.78, 5) is 2.76. The lowest BCUT2D eigenvalue weighted by atomic mass is 10.0. The molecular weight excluding hydrogens is 256 g/mol. The summed E-state index contributed by atoms with van der Waals surface area (Å²) in [6.07, 6.45) is 6.61. The van der Waals surface area contributed by atoms with Gasteiger partial charge in [0, 0.05) is 31.7 Å². The summed E-state index contributed by atoms with van der Waals surface area (Å²) >= 11 is 0. The minimum Gasteiger partial charge on any atom is -0.311 e. The van der Waals surface area contributed by atoms with E-state index in [1.54, 1.807) is 0 Å². The Balaban J connectivity index is 1.65. The number of hydrogen-bond acceptors (Lipinski definition) is 2. The Morgan fingerprint density at radius 2 is 1.81 bits per heavy atom. The van der Waals surface area contributed by atoms with E-state index in [9.17, 15) is 0 Å². The van der Waals surface area contributed by atoms with Crippen LogP contribution in [0.3, 0.4) is 0 Å². The Morgan fingerprint density at radius 3 is 2.43 bits per heavy atom. The maximum atomic E-state index is 3.78. The van der Waals surface area contributed by atoms with Crippen molar-refractivity contribution >= 4 is 0 Å². The van der Waals surface area contributed by atoms with Gasteiger partial charge < -0.3 is 5.32 Å². The maximum absolute atomic E-state index is 3.78. The lowest BCUT2D eigenvalue weighted by Crippen LogP contribution is -2.56. The lowest BCUT2D eigenvalue weighted by Gasteiger charge is -2.41. The van der Waals surface area contributed by atoms with Gasteiger partial charge in [0.05, 0.1) is 0 Å². The molecular formula is C19H30N2. The Kier molecular flexibility index (Phi) is 4.97. The summed E-state index contributed by atoms with van der Waals surface area (Å²) in [7, 11) is 0. The van der Waals surface area contributed by atoms with Gasteiger partial charge in [-0.25, -0.2) is 0 Å². The minimum atomic E-state index is 0.694. The zero-order chi connectivity index (χ0) is 14.7. The highest BCUT2D eigenvalue weighted by Gasteiger charge is 2.38. The van der Waals surface area contributed by atoms with Gasteiger partial charge in [-0.05, 0) is 42.7 Å². The van der Waals surface area contributed by atoms with Gasteiger partial charge >= 0.3 is 0 Å². The van der Waals surface area contributed by atoms with Crippen LogP contribution in [0.4, 0.5) is 0 Å². The maximum Gasteiger partial charge on any atom is 0.0253 e. The molecule has 2 unspecified atom stereocenters. The number of hydrogen-bond donors (Lipinski definition) is 1.